The Morgan fingerprint density at radius 2 is 2.12 bits per heavy atom. The number of likely N-dealkylation sites (tertiary alicyclic amines) is 1. The molecule has 190 valence electrons. The average molecular weight is 475 g/mol. The third-order valence-corrected chi connectivity index (χ3v) is 11.1. The minimum absolute atomic E-state index is 0.0182. The van der Waals surface area contributed by atoms with Crippen LogP contribution in [0.15, 0.2) is 16.1 Å². The number of hydrogen-bond donors (Lipinski definition) is 4. The van der Waals surface area contributed by atoms with Gasteiger partial charge in [0, 0.05) is 54.4 Å². The summed E-state index contributed by atoms with van der Waals surface area (Å²) in [6.07, 6.45) is 5.68. The maximum Gasteiger partial charge on any atom is 0.293 e. The van der Waals surface area contributed by atoms with E-state index in [1.54, 1.807) is 7.05 Å². The molecule has 0 aromatic heterocycles. The van der Waals surface area contributed by atoms with E-state index in [4.69, 9.17) is 10.5 Å². The molecule has 1 unspecified atom stereocenters. The van der Waals surface area contributed by atoms with Gasteiger partial charge in [0.15, 0.2) is 0 Å². The zero-order chi connectivity index (χ0) is 24.5. The number of carbonyl (C=O) groups excluding carboxylic acids is 1. The molecule has 34 heavy (non-hydrogen) atoms. The topological polar surface area (TPSA) is 124 Å². The lowest BCUT2D eigenvalue weighted by molar-refractivity contribution is -0.832. The number of nitrogens with zero attached hydrogens (tertiary/aromatic N) is 1. The van der Waals surface area contributed by atoms with Crippen LogP contribution in [-0.2, 0) is 9.53 Å². The van der Waals surface area contributed by atoms with E-state index in [1.165, 1.54) is 4.90 Å². The predicted octanol–water partition coefficient (Wildman–Crippen LogP) is -0.914. The molecule has 0 radical (unpaired) electrons. The first-order chi connectivity index (χ1) is 16.2. The number of aliphatic imine (C=N–C) groups is 1. The number of aliphatic hydroxyl groups is 1. The van der Waals surface area contributed by atoms with Crippen molar-refractivity contribution in [3.63, 3.8) is 0 Å². The lowest BCUT2D eigenvalue weighted by Gasteiger charge is -2.70. The molecule has 3 saturated carbocycles. The summed E-state index contributed by atoms with van der Waals surface area (Å²) in [6, 6.07) is 0. The molecular formula is C26H42N4O4. The summed E-state index contributed by atoms with van der Waals surface area (Å²) in [6.45, 7) is 7.33. The zero-order valence-corrected chi connectivity index (χ0v) is 21.2. The number of aliphatic carboxylic acids is 1. The maximum absolute atomic E-state index is 12.7. The van der Waals surface area contributed by atoms with Crippen LogP contribution in [0.2, 0.25) is 0 Å². The molecule has 1 aliphatic heterocycles. The van der Waals surface area contributed by atoms with Gasteiger partial charge in [0.05, 0.1) is 25.7 Å². The van der Waals surface area contributed by atoms with Crippen LogP contribution in [0.5, 0.6) is 0 Å². The van der Waals surface area contributed by atoms with E-state index in [9.17, 15) is 15.0 Å². The third kappa shape index (κ3) is 2.58. The fourth-order valence-electron chi connectivity index (χ4n) is 10.3. The van der Waals surface area contributed by atoms with E-state index in [0.29, 0.717) is 18.5 Å². The smallest absolute Gasteiger partial charge is 0.293 e. The monoisotopic (exact) mass is 474 g/mol. The number of nitrogens with one attached hydrogen (secondary N) is 2. The molecule has 8 heteroatoms. The van der Waals surface area contributed by atoms with Crippen molar-refractivity contribution in [2.75, 3.05) is 46.9 Å². The quantitative estimate of drug-likeness (QED) is 0.292. The molecular weight excluding hydrogens is 432 g/mol. The Morgan fingerprint density at radius 3 is 2.76 bits per heavy atom. The van der Waals surface area contributed by atoms with Gasteiger partial charge in [-0.25, -0.2) is 4.99 Å². The molecule has 0 aromatic rings. The number of nitrogens with two attached hydrogens (primary N) is 1. The van der Waals surface area contributed by atoms with Crippen molar-refractivity contribution in [3.05, 3.63) is 11.1 Å². The molecule has 5 rings (SSSR count). The number of allylic oxidation sites excluding steroid dienone is 1. The first kappa shape index (κ1) is 24.2. The highest BCUT2D eigenvalue weighted by atomic mass is 16.5. The molecule has 0 aromatic carbocycles. The summed E-state index contributed by atoms with van der Waals surface area (Å²) in [7, 11) is 3.79. The van der Waals surface area contributed by atoms with Gasteiger partial charge in [-0.05, 0) is 57.9 Å². The van der Waals surface area contributed by atoms with Gasteiger partial charge in [0.1, 0.15) is 5.60 Å². The van der Waals surface area contributed by atoms with Crippen molar-refractivity contribution >= 4 is 11.9 Å². The summed E-state index contributed by atoms with van der Waals surface area (Å²) in [4.78, 5) is 18.3. The molecule has 4 fully saturated rings. The number of carboxylic acid groups (broad SMARTS) is 1. The van der Waals surface area contributed by atoms with Gasteiger partial charge in [0.25, 0.3) is 5.96 Å². The van der Waals surface area contributed by atoms with Crippen LogP contribution in [0.25, 0.3) is 0 Å². The van der Waals surface area contributed by atoms with Crippen molar-refractivity contribution in [1.29, 1.82) is 0 Å². The highest BCUT2D eigenvalue weighted by Gasteiger charge is 2.83. The largest absolute Gasteiger partial charge is 0.545 e. The fourth-order valence-corrected chi connectivity index (χ4v) is 10.3. The van der Waals surface area contributed by atoms with Gasteiger partial charge >= 0.3 is 0 Å². The molecule has 2 bridgehead atoms. The first-order valence-electron chi connectivity index (χ1n) is 13.2. The molecule has 1 heterocycles. The highest BCUT2D eigenvalue weighted by Crippen LogP contribution is 2.83. The van der Waals surface area contributed by atoms with Crippen LogP contribution in [0.3, 0.4) is 0 Å². The Labute approximate surface area is 203 Å². The fraction of sp³-hybridized carbons (Fsp3) is 0.846. The van der Waals surface area contributed by atoms with Crippen molar-refractivity contribution in [1.82, 2.24) is 5.32 Å². The SMILES string of the molecule is CCOC[C@]1(O)C(C(=O)[O-])=C2C[C@H]3CC[C@@H](C)[C@@]24[C@@H]1CC[C@@]1(CNC)CC[NH+](C(N)=NC)C[C@@]314. The standard InChI is InChI=1S/C26H42N4O4/c1-5-34-15-24(33)19-8-9-23(13-28-3)10-11-30(22(27)29-4)14-25(23)17-7-6-16(2)26(19,25)18(12-17)20(24)21(31)32/h16-17,19,28,33H,5-15H2,1-4H3,(H2,27,29)(H,31,32)/t16-,17-,19-,23+,24-,25-,26+/m1/s1. The Bertz CT molecular complexity index is 936. The average Bonchev–Trinajstić information content (AvgIpc) is 3.15. The van der Waals surface area contributed by atoms with Crippen molar-refractivity contribution in [2.24, 2.45) is 44.7 Å². The lowest BCUT2D eigenvalue weighted by atomic mass is 9.34. The molecule has 1 saturated heterocycles. The zero-order valence-electron chi connectivity index (χ0n) is 21.2. The van der Waals surface area contributed by atoms with Crippen LogP contribution in [0, 0.1) is 34.0 Å². The molecule has 5 N–H and O–H groups in total. The van der Waals surface area contributed by atoms with Gasteiger partial charge in [0.2, 0.25) is 0 Å². The Morgan fingerprint density at radius 1 is 1.35 bits per heavy atom. The Kier molecular flexibility index (Phi) is 5.71. The number of guanidine groups is 1. The first-order valence-corrected chi connectivity index (χ1v) is 13.2. The van der Waals surface area contributed by atoms with Gasteiger partial charge in [-0.3, -0.25) is 4.90 Å². The molecule has 8 atom stereocenters. The van der Waals surface area contributed by atoms with Gasteiger partial charge in [-0.2, -0.15) is 0 Å². The van der Waals surface area contributed by atoms with Crippen molar-refractivity contribution < 1.29 is 24.6 Å². The molecule has 8 nitrogen and oxygen atoms in total. The lowest BCUT2D eigenvalue weighted by Crippen LogP contribution is -3.19. The Balaban J connectivity index is 1.80. The summed E-state index contributed by atoms with van der Waals surface area (Å²) in [5.74, 6) is -0.117. The predicted molar refractivity (Wildman–Crippen MR) is 127 cm³/mol. The van der Waals surface area contributed by atoms with Crippen molar-refractivity contribution in [3.8, 4) is 0 Å². The van der Waals surface area contributed by atoms with E-state index >= 15 is 0 Å². The number of ether oxygens (including phenoxy) is 1. The van der Waals surface area contributed by atoms with Gasteiger partial charge in [-0.1, -0.05) is 12.5 Å². The van der Waals surface area contributed by atoms with Gasteiger partial charge in [-0.15, -0.1) is 0 Å². The molecule has 5 aliphatic rings. The van der Waals surface area contributed by atoms with E-state index in [-0.39, 0.29) is 40.3 Å². The maximum atomic E-state index is 12.7. The van der Waals surface area contributed by atoms with Crippen LogP contribution in [0.4, 0.5) is 0 Å². The number of rotatable bonds is 6. The number of carbonyl (C=O) groups is 1. The Hall–Kier alpha value is -1.48. The molecule has 4 aliphatic carbocycles. The van der Waals surface area contributed by atoms with E-state index < -0.39 is 11.6 Å². The summed E-state index contributed by atoms with van der Waals surface area (Å²) in [5.41, 5.74) is 5.54. The van der Waals surface area contributed by atoms with Crippen LogP contribution in [0.1, 0.15) is 52.4 Å². The van der Waals surface area contributed by atoms with Crippen LogP contribution < -0.4 is 21.1 Å². The van der Waals surface area contributed by atoms with Crippen LogP contribution in [-0.4, -0.2) is 69.6 Å². The molecule has 2 spiro atoms. The molecule has 0 amide bonds. The van der Waals surface area contributed by atoms with E-state index in [1.807, 2.05) is 14.0 Å². The van der Waals surface area contributed by atoms with Crippen molar-refractivity contribution in [2.45, 2.75) is 58.0 Å². The minimum Gasteiger partial charge on any atom is -0.545 e. The second kappa shape index (κ2) is 8.02. The normalized spacial score (nSPS) is 47.5. The third-order valence-electron chi connectivity index (χ3n) is 11.1. The summed E-state index contributed by atoms with van der Waals surface area (Å²) in [5, 5.41) is 28.5. The number of piperidine rings is 1. The number of hydrogen-bond acceptors (Lipinski definition) is 6. The number of carboxylic acids is 1. The summed E-state index contributed by atoms with van der Waals surface area (Å²) >= 11 is 0. The summed E-state index contributed by atoms with van der Waals surface area (Å²) < 4.78 is 5.78. The van der Waals surface area contributed by atoms with Crippen LogP contribution >= 0.6 is 0 Å². The van der Waals surface area contributed by atoms with E-state index in [2.05, 4.69) is 17.2 Å². The highest BCUT2D eigenvalue weighted by molar-refractivity contribution is 5.90. The second-order valence-electron chi connectivity index (χ2n) is 11.7. The minimum atomic E-state index is -1.51. The van der Waals surface area contributed by atoms with E-state index in [0.717, 1.165) is 63.7 Å². The number of quaternary nitrogens is 1. The van der Waals surface area contributed by atoms with Gasteiger partial charge < -0.3 is 30.8 Å². The second-order valence-corrected chi connectivity index (χ2v) is 11.7.